The van der Waals surface area contributed by atoms with E-state index >= 15 is 0 Å². The van der Waals surface area contributed by atoms with Crippen molar-refractivity contribution in [1.29, 1.82) is 0 Å². The summed E-state index contributed by atoms with van der Waals surface area (Å²) in [6.45, 7) is 0.692. The lowest BCUT2D eigenvalue weighted by Gasteiger charge is -2.11. The van der Waals surface area contributed by atoms with Crippen LogP contribution in [-0.2, 0) is 13.0 Å². The Kier molecular flexibility index (Phi) is 4.31. The number of benzene rings is 2. The van der Waals surface area contributed by atoms with Gasteiger partial charge in [0.15, 0.2) is 0 Å². The van der Waals surface area contributed by atoms with E-state index in [4.69, 9.17) is 16.3 Å². The fourth-order valence-electron chi connectivity index (χ4n) is 4.64. The molecule has 3 aromatic heterocycles. The molecule has 4 heterocycles. The highest BCUT2D eigenvalue weighted by Crippen LogP contribution is 2.43. The van der Waals surface area contributed by atoms with Crippen LogP contribution in [0.1, 0.15) is 21.6 Å². The molecule has 0 fully saturated rings. The van der Waals surface area contributed by atoms with Gasteiger partial charge in [0.2, 0.25) is 0 Å². The molecule has 1 aliphatic rings. The van der Waals surface area contributed by atoms with Crippen molar-refractivity contribution in [2.24, 2.45) is 0 Å². The number of halogens is 1. The number of nitrogens with one attached hydrogen (secondary N) is 2. The number of carbonyl (C=O) groups is 1. The maximum absolute atomic E-state index is 12.7. The van der Waals surface area contributed by atoms with Gasteiger partial charge in [-0.05, 0) is 41.5 Å². The smallest absolute Gasteiger partial charge is 0.353 e. The second kappa shape index (κ2) is 7.25. The monoisotopic (exact) mass is 460 g/mol. The summed E-state index contributed by atoms with van der Waals surface area (Å²) in [5.74, 6) is -0.519. The lowest BCUT2D eigenvalue weighted by molar-refractivity contribution is 0.0687. The van der Waals surface area contributed by atoms with E-state index in [0.717, 1.165) is 23.0 Å². The molecule has 5 aromatic rings. The Labute approximate surface area is 191 Å². The highest BCUT2D eigenvalue weighted by Gasteiger charge is 2.30. The van der Waals surface area contributed by atoms with Gasteiger partial charge in [0, 0.05) is 29.7 Å². The number of imidazole rings is 1. The van der Waals surface area contributed by atoms with Crippen LogP contribution < -0.4 is 10.3 Å². The Hall–Kier alpha value is -4.04. The van der Waals surface area contributed by atoms with Gasteiger partial charge in [-0.25, -0.2) is 9.78 Å². The number of rotatable bonds is 4. The highest BCUT2D eigenvalue weighted by molar-refractivity contribution is 6.32. The van der Waals surface area contributed by atoms with Gasteiger partial charge in [-0.1, -0.05) is 17.7 Å². The predicted octanol–water partition coefficient (Wildman–Crippen LogP) is 4.21. The van der Waals surface area contributed by atoms with Crippen LogP contribution in [-0.4, -0.2) is 37.2 Å². The number of aromatic amines is 2. The van der Waals surface area contributed by atoms with Gasteiger partial charge in [0.25, 0.3) is 5.56 Å². The molecule has 2 aromatic carbocycles. The number of aromatic carboxylic acids is 1. The minimum atomic E-state index is -1.15. The van der Waals surface area contributed by atoms with Crippen molar-refractivity contribution >= 4 is 39.5 Å². The molecule has 33 heavy (non-hydrogen) atoms. The fraction of sp³-hybridized carbons (Fsp3) is 0.125. The number of hydrogen-bond donors (Lipinski definition) is 3. The van der Waals surface area contributed by atoms with Crippen molar-refractivity contribution in [2.75, 3.05) is 6.61 Å². The van der Waals surface area contributed by atoms with Gasteiger partial charge in [0.1, 0.15) is 11.4 Å². The van der Waals surface area contributed by atoms with Crippen LogP contribution in [0.4, 0.5) is 0 Å². The quantitative estimate of drug-likeness (QED) is 0.372. The average molecular weight is 461 g/mol. The number of carboxylic acids is 1. The maximum atomic E-state index is 12.7. The summed E-state index contributed by atoms with van der Waals surface area (Å²) in [6.07, 6.45) is 3.83. The van der Waals surface area contributed by atoms with E-state index in [1.807, 2.05) is 18.2 Å². The zero-order valence-electron chi connectivity index (χ0n) is 17.2. The van der Waals surface area contributed by atoms with E-state index in [1.54, 1.807) is 29.1 Å². The second-order valence-corrected chi connectivity index (χ2v) is 8.34. The summed E-state index contributed by atoms with van der Waals surface area (Å²) in [7, 11) is 0. The van der Waals surface area contributed by atoms with Crippen LogP contribution in [0.3, 0.4) is 0 Å². The molecule has 6 rings (SSSR count). The minimum Gasteiger partial charge on any atom is -0.492 e. The summed E-state index contributed by atoms with van der Waals surface area (Å²) < 4.78 is 7.61. The molecule has 0 atom stereocenters. The van der Waals surface area contributed by atoms with Crippen LogP contribution >= 0.6 is 11.6 Å². The minimum absolute atomic E-state index is 0.00351. The van der Waals surface area contributed by atoms with Crippen molar-refractivity contribution in [3.63, 3.8) is 0 Å². The molecule has 0 aliphatic carbocycles. The molecule has 0 unspecified atom stereocenters. The lowest BCUT2D eigenvalue weighted by Crippen LogP contribution is -2.13. The van der Waals surface area contributed by atoms with E-state index in [1.165, 1.54) is 6.20 Å². The zero-order chi connectivity index (χ0) is 22.7. The molecular weight excluding hydrogens is 444 g/mol. The fourth-order valence-corrected chi connectivity index (χ4v) is 4.86. The van der Waals surface area contributed by atoms with E-state index in [-0.39, 0.29) is 23.4 Å². The molecule has 1 aliphatic heterocycles. The van der Waals surface area contributed by atoms with E-state index < -0.39 is 5.97 Å². The third-order valence-electron chi connectivity index (χ3n) is 6.09. The lowest BCUT2D eigenvalue weighted by atomic mass is 10.0. The van der Waals surface area contributed by atoms with Gasteiger partial charge in [-0.3, -0.25) is 4.79 Å². The number of nitrogens with zero attached hydrogens (tertiary/aromatic N) is 2. The number of fused-ring (bicyclic) bond motifs is 4. The largest absolute Gasteiger partial charge is 0.492 e. The van der Waals surface area contributed by atoms with Crippen molar-refractivity contribution in [2.45, 2.75) is 13.0 Å². The van der Waals surface area contributed by atoms with Crippen molar-refractivity contribution in [1.82, 2.24) is 19.5 Å². The first kappa shape index (κ1) is 19.6. The second-order valence-electron chi connectivity index (χ2n) is 7.94. The van der Waals surface area contributed by atoms with Crippen molar-refractivity contribution in [3.05, 3.63) is 81.1 Å². The van der Waals surface area contributed by atoms with Gasteiger partial charge >= 0.3 is 5.97 Å². The highest BCUT2D eigenvalue weighted by atomic mass is 35.5. The summed E-state index contributed by atoms with van der Waals surface area (Å²) in [4.78, 5) is 35.3. The van der Waals surface area contributed by atoms with Crippen LogP contribution in [0, 0.1) is 0 Å². The zero-order valence-corrected chi connectivity index (χ0v) is 17.9. The Bertz CT molecular complexity index is 1650. The molecule has 0 spiro atoms. The van der Waals surface area contributed by atoms with E-state index in [9.17, 15) is 14.7 Å². The first-order valence-electron chi connectivity index (χ1n) is 10.4. The van der Waals surface area contributed by atoms with Crippen molar-refractivity contribution in [3.8, 4) is 16.9 Å². The summed E-state index contributed by atoms with van der Waals surface area (Å²) in [6, 6.07) is 10.8. The number of aromatic nitrogens is 4. The van der Waals surface area contributed by atoms with Crippen LogP contribution in [0.5, 0.6) is 5.75 Å². The maximum Gasteiger partial charge on any atom is 0.353 e. The normalized spacial score (nSPS) is 12.9. The summed E-state index contributed by atoms with van der Waals surface area (Å²) in [5, 5.41) is 11.4. The summed E-state index contributed by atoms with van der Waals surface area (Å²) >= 11 is 6.55. The Balaban J connectivity index is 1.69. The Morgan fingerprint density at radius 1 is 1.24 bits per heavy atom. The molecule has 0 saturated carbocycles. The predicted molar refractivity (Wildman–Crippen MR) is 124 cm³/mol. The molecule has 3 N–H and O–H groups in total. The molecule has 9 heteroatoms. The summed E-state index contributed by atoms with van der Waals surface area (Å²) in [5.41, 5.74) is 4.13. The number of pyridine rings is 1. The number of ether oxygens (including phenoxy) is 1. The average Bonchev–Trinajstić information content (AvgIpc) is 3.51. The van der Waals surface area contributed by atoms with Crippen LogP contribution in [0.15, 0.2) is 53.7 Å². The molecule has 0 amide bonds. The molecule has 8 nitrogen and oxygen atoms in total. The molecule has 0 radical (unpaired) electrons. The first-order chi connectivity index (χ1) is 16.0. The molecule has 0 saturated heterocycles. The standard InChI is InChI=1S/C24H17ClN4O4/c25-15-9-17-16(27-11-28-17)8-13(15)10-29-18-4-3-12-5-7-33-22(12)20(18)19(21(29)24(31)32)14-2-1-6-26-23(14)30/h1-4,6,8-9,11H,5,7,10H2,(H,26,30)(H,27,28)(H,31,32). The molecule has 164 valence electrons. The first-order valence-corrected chi connectivity index (χ1v) is 10.7. The number of hydrogen-bond acceptors (Lipinski definition) is 4. The number of carboxylic acid groups (broad SMARTS) is 1. The van der Waals surface area contributed by atoms with Gasteiger partial charge in [-0.15, -0.1) is 0 Å². The Morgan fingerprint density at radius 3 is 2.94 bits per heavy atom. The third-order valence-corrected chi connectivity index (χ3v) is 6.44. The van der Waals surface area contributed by atoms with Gasteiger partial charge in [0.05, 0.1) is 40.4 Å². The van der Waals surface area contributed by atoms with E-state index in [2.05, 4.69) is 15.0 Å². The van der Waals surface area contributed by atoms with Gasteiger partial charge in [-0.2, -0.15) is 0 Å². The number of H-pyrrole nitrogens is 2. The molecule has 0 bridgehead atoms. The third kappa shape index (κ3) is 2.95. The topological polar surface area (TPSA) is 113 Å². The van der Waals surface area contributed by atoms with Crippen LogP contribution in [0.25, 0.3) is 33.1 Å². The van der Waals surface area contributed by atoms with Crippen molar-refractivity contribution < 1.29 is 14.6 Å². The Morgan fingerprint density at radius 2 is 2.12 bits per heavy atom. The van der Waals surface area contributed by atoms with Gasteiger partial charge < -0.3 is 24.4 Å². The van der Waals surface area contributed by atoms with E-state index in [0.29, 0.717) is 39.4 Å². The SMILES string of the molecule is O=C(O)c1c(-c2ccc[nH]c2=O)c2c3c(ccc2n1Cc1cc2nc[nH]c2cc1Cl)CCO3. The van der Waals surface area contributed by atoms with Crippen LogP contribution in [0.2, 0.25) is 5.02 Å². The molecular formula is C24H17ClN4O4.